The van der Waals surface area contributed by atoms with E-state index in [1.807, 2.05) is 0 Å². The number of likely N-dealkylation sites (tertiary alicyclic amines) is 2. The van der Waals surface area contributed by atoms with Crippen molar-refractivity contribution in [2.75, 3.05) is 39.9 Å². The summed E-state index contributed by atoms with van der Waals surface area (Å²) in [6.45, 7) is 5.22. The van der Waals surface area contributed by atoms with Crippen LogP contribution in [0.4, 0.5) is 0 Å². The molecule has 0 aromatic carbocycles. The highest BCUT2D eigenvalue weighted by molar-refractivity contribution is 5.79. The van der Waals surface area contributed by atoms with Gasteiger partial charge < -0.3 is 9.64 Å². The summed E-state index contributed by atoms with van der Waals surface area (Å²) in [6.07, 6.45) is 9.64. The maximum Gasteiger partial charge on any atom is 0.225 e. The third kappa shape index (κ3) is 3.11. The highest BCUT2D eigenvalue weighted by Gasteiger charge is 2.44. The second-order valence-corrected chi connectivity index (χ2v) is 7.11. The highest BCUT2D eigenvalue weighted by Crippen LogP contribution is 2.39. The number of ether oxygens (including phenoxy) is 1. The molecule has 0 aromatic rings. The summed E-state index contributed by atoms with van der Waals surface area (Å²) in [7, 11) is 1.78. The Bertz CT molecular complexity index is 360. The van der Waals surface area contributed by atoms with Crippen LogP contribution < -0.4 is 0 Å². The minimum Gasteiger partial charge on any atom is -0.385 e. The smallest absolute Gasteiger partial charge is 0.225 e. The lowest BCUT2D eigenvalue weighted by Gasteiger charge is -2.46. The van der Waals surface area contributed by atoms with E-state index in [2.05, 4.69) is 9.80 Å². The number of methoxy groups -OCH3 is 1. The van der Waals surface area contributed by atoms with Gasteiger partial charge >= 0.3 is 0 Å². The van der Waals surface area contributed by atoms with Gasteiger partial charge in [0.25, 0.3) is 0 Å². The predicted octanol–water partition coefficient (Wildman–Crippen LogP) is 2.28. The molecule has 0 radical (unpaired) electrons. The van der Waals surface area contributed by atoms with Gasteiger partial charge in [0, 0.05) is 44.8 Å². The van der Waals surface area contributed by atoms with E-state index >= 15 is 0 Å². The first kappa shape index (κ1) is 15.3. The molecule has 0 N–H and O–H groups in total. The molecular formula is C17H30N2O2. The van der Waals surface area contributed by atoms with Gasteiger partial charge in [0.1, 0.15) is 0 Å². The summed E-state index contributed by atoms with van der Waals surface area (Å²) < 4.78 is 5.19. The Morgan fingerprint density at radius 3 is 2.52 bits per heavy atom. The lowest BCUT2D eigenvalue weighted by atomic mass is 9.81. The SMILES string of the molecule is COCCCN1CCCC12CCN(C(=O)C1CCC1)CC2. The van der Waals surface area contributed by atoms with Crippen molar-refractivity contribution in [3.05, 3.63) is 0 Å². The average Bonchev–Trinajstić information content (AvgIpc) is 2.81. The van der Waals surface area contributed by atoms with Crippen molar-refractivity contribution in [1.82, 2.24) is 9.80 Å². The fraction of sp³-hybridized carbons (Fsp3) is 0.941. The van der Waals surface area contributed by atoms with Gasteiger partial charge in [0.2, 0.25) is 5.91 Å². The molecule has 0 bridgehead atoms. The summed E-state index contributed by atoms with van der Waals surface area (Å²) in [4.78, 5) is 17.2. The van der Waals surface area contributed by atoms with E-state index in [-0.39, 0.29) is 0 Å². The number of amides is 1. The molecule has 0 aromatic heterocycles. The summed E-state index contributed by atoms with van der Waals surface area (Å²) in [5, 5.41) is 0. The van der Waals surface area contributed by atoms with Crippen LogP contribution in [0.15, 0.2) is 0 Å². The van der Waals surface area contributed by atoms with Gasteiger partial charge in [-0.05, 0) is 51.5 Å². The molecule has 1 saturated carbocycles. The molecule has 0 atom stereocenters. The number of rotatable bonds is 5. The van der Waals surface area contributed by atoms with Crippen molar-refractivity contribution in [2.45, 2.75) is 56.9 Å². The maximum atomic E-state index is 12.4. The molecule has 4 heteroatoms. The van der Waals surface area contributed by atoms with E-state index < -0.39 is 0 Å². The lowest BCUT2D eigenvalue weighted by molar-refractivity contribution is -0.140. The number of hydrogen-bond donors (Lipinski definition) is 0. The van der Waals surface area contributed by atoms with Crippen LogP contribution >= 0.6 is 0 Å². The molecular weight excluding hydrogens is 264 g/mol. The predicted molar refractivity (Wildman–Crippen MR) is 83.2 cm³/mol. The van der Waals surface area contributed by atoms with Gasteiger partial charge in [0.05, 0.1) is 0 Å². The Morgan fingerprint density at radius 1 is 1.14 bits per heavy atom. The van der Waals surface area contributed by atoms with Crippen LogP contribution in [-0.2, 0) is 9.53 Å². The van der Waals surface area contributed by atoms with E-state index in [9.17, 15) is 4.79 Å². The van der Waals surface area contributed by atoms with Crippen LogP contribution in [-0.4, -0.2) is 61.1 Å². The molecule has 3 rings (SSSR count). The third-order valence-corrected chi connectivity index (χ3v) is 5.98. The van der Waals surface area contributed by atoms with E-state index in [1.165, 1.54) is 38.6 Å². The highest BCUT2D eigenvalue weighted by atomic mass is 16.5. The van der Waals surface area contributed by atoms with Gasteiger partial charge in [-0.1, -0.05) is 6.42 Å². The van der Waals surface area contributed by atoms with Crippen LogP contribution in [0.5, 0.6) is 0 Å². The zero-order valence-corrected chi connectivity index (χ0v) is 13.5. The van der Waals surface area contributed by atoms with Gasteiger partial charge in [-0.3, -0.25) is 9.69 Å². The Hall–Kier alpha value is -0.610. The van der Waals surface area contributed by atoms with Crippen molar-refractivity contribution >= 4 is 5.91 Å². The Morgan fingerprint density at radius 2 is 1.90 bits per heavy atom. The van der Waals surface area contributed by atoms with Crippen LogP contribution in [0, 0.1) is 5.92 Å². The van der Waals surface area contributed by atoms with Crippen LogP contribution in [0.2, 0.25) is 0 Å². The van der Waals surface area contributed by atoms with E-state index in [4.69, 9.17) is 4.74 Å². The molecule has 2 saturated heterocycles. The number of hydrogen-bond acceptors (Lipinski definition) is 3. The fourth-order valence-corrected chi connectivity index (χ4v) is 4.37. The Kier molecular flexibility index (Phi) is 4.85. The average molecular weight is 294 g/mol. The summed E-state index contributed by atoms with van der Waals surface area (Å²) in [5.74, 6) is 0.806. The van der Waals surface area contributed by atoms with Crippen LogP contribution in [0.25, 0.3) is 0 Å². The minimum absolute atomic E-state index is 0.362. The first-order valence-electron chi connectivity index (χ1n) is 8.78. The van der Waals surface area contributed by atoms with Crippen molar-refractivity contribution < 1.29 is 9.53 Å². The fourth-order valence-electron chi connectivity index (χ4n) is 4.37. The normalized spacial score (nSPS) is 26.2. The molecule has 0 unspecified atom stereocenters. The van der Waals surface area contributed by atoms with Gasteiger partial charge in [-0.25, -0.2) is 0 Å². The first-order chi connectivity index (χ1) is 10.2. The molecule has 2 aliphatic heterocycles. The topological polar surface area (TPSA) is 32.8 Å². The molecule has 1 spiro atoms. The van der Waals surface area contributed by atoms with Crippen molar-refractivity contribution in [1.29, 1.82) is 0 Å². The quantitative estimate of drug-likeness (QED) is 0.729. The summed E-state index contributed by atoms with van der Waals surface area (Å²) in [6, 6.07) is 0. The molecule has 21 heavy (non-hydrogen) atoms. The summed E-state index contributed by atoms with van der Waals surface area (Å²) in [5.41, 5.74) is 0.393. The lowest BCUT2D eigenvalue weighted by Crippen LogP contribution is -2.54. The van der Waals surface area contributed by atoms with Gasteiger partial charge in [-0.15, -0.1) is 0 Å². The minimum atomic E-state index is 0.362. The standard InChI is InChI=1S/C17H30N2O2/c1-21-14-4-11-19-10-3-7-17(19)8-12-18(13-9-17)16(20)15-5-2-6-15/h15H,2-14H2,1H3. The Balaban J connectivity index is 1.51. The van der Waals surface area contributed by atoms with Gasteiger partial charge in [0.15, 0.2) is 0 Å². The largest absolute Gasteiger partial charge is 0.385 e. The van der Waals surface area contributed by atoms with E-state index in [1.54, 1.807) is 7.11 Å². The number of piperidine rings is 1. The summed E-state index contributed by atoms with van der Waals surface area (Å²) >= 11 is 0. The molecule has 1 aliphatic carbocycles. The monoisotopic (exact) mass is 294 g/mol. The number of nitrogens with zero attached hydrogens (tertiary/aromatic N) is 2. The maximum absolute atomic E-state index is 12.4. The van der Waals surface area contributed by atoms with Crippen molar-refractivity contribution in [2.24, 2.45) is 5.92 Å². The second-order valence-electron chi connectivity index (χ2n) is 7.11. The van der Waals surface area contributed by atoms with E-state index in [0.29, 0.717) is 17.4 Å². The molecule has 120 valence electrons. The van der Waals surface area contributed by atoms with Crippen LogP contribution in [0.1, 0.15) is 51.4 Å². The first-order valence-corrected chi connectivity index (χ1v) is 8.78. The zero-order valence-electron chi connectivity index (χ0n) is 13.5. The molecule has 4 nitrogen and oxygen atoms in total. The third-order valence-electron chi connectivity index (χ3n) is 5.98. The zero-order chi connectivity index (χ0) is 14.7. The molecule has 2 heterocycles. The molecule has 3 fully saturated rings. The molecule has 1 amide bonds. The van der Waals surface area contributed by atoms with Gasteiger partial charge in [-0.2, -0.15) is 0 Å². The van der Waals surface area contributed by atoms with Crippen molar-refractivity contribution in [3.8, 4) is 0 Å². The Labute approximate surface area is 128 Å². The van der Waals surface area contributed by atoms with E-state index in [0.717, 1.165) is 45.5 Å². The second kappa shape index (κ2) is 6.66. The number of carbonyl (C=O) groups excluding carboxylic acids is 1. The number of carbonyl (C=O) groups is 1. The molecule has 3 aliphatic rings. The van der Waals surface area contributed by atoms with Crippen molar-refractivity contribution in [3.63, 3.8) is 0 Å². The van der Waals surface area contributed by atoms with Crippen LogP contribution in [0.3, 0.4) is 0 Å².